The van der Waals surface area contributed by atoms with Crippen molar-refractivity contribution in [3.63, 3.8) is 0 Å². The second-order valence-electron chi connectivity index (χ2n) is 20.3. The van der Waals surface area contributed by atoms with Crippen molar-refractivity contribution < 1.29 is 105 Å². The van der Waals surface area contributed by atoms with Crippen LogP contribution in [-0.2, 0) is 76.3 Å². The van der Waals surface area contributed by atoms with E-state index in [2.05, 4.69) is 61.0 Å². The lowest BCUT2D eigenvalue weighted by Gasteiger charge is -2.46. The van der Waals surface area contributed by atoms with Crippen LogP contribution in [0.3, 0.4) is 0 Å². The summed E-state index contributed by atoms with van der Waals surface area (Å²) in [6, 6.07) is 5.70. The Morgan fingerprint density at radius 1 is 0.918 bits per heavy atom. The smallest absolute Gasteiger partial charge is 0.409 e. The highest BCUT2D eigenvalue weighted by Gasteiger charge is 2.61. The van der Waals surface area contributed by atoms with E-state index in [0.717, 1.165) is 57.6 Å². The number of ether oxygens (including phenoxy) is 4. The van der Waals surface area contributed by atoms with Gasteiger partial charge in [0.1, 0.15) is 77.1 Å². The van der Waals surface area contributed by atoms with E-state index in [-0.39, 0.29) is 30.2 Å². The number of thioether (sulfide) groups is 1. The molecule has 34 nitrogen and oxygen atoms in total. The van der Waals surface area contributed by atoms with E-state index in [1.807, 2.05) is 81.5 Å². The topological polar surface area (TPSA) is 509 Å². The first-order chi connectivity index (χ1) is 45.3. The number of phosphoric acid groups is 1. The average Bonchev–Trinajstić information content (AvgIpc) is 1.71. The first-order valence-corrected chi connectivity index (χ1v) is 39.1. The minimum atomic E-state index is -3.48. The Labute approximate surface area is 596 Å². The van der Waals surface area contributed by atoms with Crippen LogP contribution in [-0.4, -0.2) is 243 Å². The molecule has 1 aliphatic carbocycles. The van der Waals surface area contributed by atoms with E-state index >= 15 is 0 Å². The molecule has 97 heavy (non-hydrogen) atoms. The number of hydrogen-bond acceptors (Lipinski definition) is 33. The number of rotatable bonds is 28. The number of aromatic amines is 1. The van der Waals surface area contributed by atoms with Crippen LogP contribution >= 0.6 is 92.5 Å². The van der Waals surface area contributed by atoms with Crippen LogP contribution in [0.5, 0.6) is 5.88 Å². The highest BCUT2D eigenvalue weighted by atomic mass is 35.5. The number of nitrogens with zero attached hydrogens (tertiary/aromatic N) is 5. The molecule has 2 saturated heterocycles. The molecule has 4 aromatic rings. The van der Waals surface area contributed by atoms with Gasteiger partial charge in [0.2, 0.25) is 5.88 Å². The fourth-order valence-electron chi connectivity index (χ4n) is 8.72. The van der Waals surface area contributed by atoms with E-state index in [0.29, 0.717) is 19.1 Å². The maximum absolute atomic E-state index is 12.1. The Morgan fingerprint density at radius 3 is 2.06 bits per heavy atom. The number of carbonyl (C=O) groups excluding carboxylic acids is 1. The van der Waals surface area contributed by atoms with Gasteiger partial charge in [0.05, 0.1) is 54.6 Å². The number of aryl methyl sites for hydroxylation is 1. The number of aliphatic imine (C=N–C) groups is 1. The largest absolute Gasteiger partial charge is 0.529 e. The van der Waals surface area contributed by atoms with Gasteiger partial charge >= 0.3 is 21.3 Å². The van der Waals surface area contributed by atoms with Crippen molar-refractivity contribution in [2.24, 2.45) is 22.2 Å². The van der Waals surface area contributed by atoms with Crippen LogP contribution in [0.15, 0.2) is 57.0 Å². The zero-order chi connectivity index (χ0) is 72.3. The number of likely N-dealkylation sites (N-methyl/N-ethyl adjacent to an activating group) is 1. The number of hydrogen-bond donors (Lipinski definition) is 14. The average molecular weight is 1570 g/mol. The third-order valence-electron chi connectivity index (χ3n) is 13.5. The molecule has 0 radical (unpaired) electrons. The normalized spacial score (nSPS) is 26.2. The number of carbonyl (C=O) groups is 1. The first kappa shape index (κ1) is 90.1. The monoisotopic (exact) mass is 1570 g/mol. The van der Waals surface area contributed by atoms with Crippen LogP contribution in [0.2, 0.25) is 0 Å². The van der Waals surface area contributed by atoms with Crippen LogP contribution in [0, 0.1) is 12.3 Å². The van der Waals surface area contributed by atoms with Crippen molar-refractivity contribution in [3.8, 4) is 17.4 Å². The van der Waals surface area contributed by atoms with Crippen molar-refractivity contribution in [1.82, 2.24) is 35.6 Å². The molecule has 0 amide bonds. The van der Waals surface area contributed by atoms with Crippen molar-refractivity contribution in [1.29, 1.82) is 5.41 Å². The van der Waals surface area contributed by atoms with Crippen LogP contribution in [0.4, 0.5) is 0 Å². The fourth-order valence-corrected chi connectivity index (χ4v) is 15.6. The number of benzene rings is 1. The van der Waals surface area contributed by atoms with Gasteiger partial charge in [0.15, 0.2) is 42.2 Å². The molecule has 2 aliphatic heterocycles. The molecule has 5 heterocycles. The molecule has 0 bridgehead atoms. The summed E-state index contributed by atoms with van der Waals surface area (Å²) in [6.45, 7) is 7.67. The standard InChI is InChI=1S/C21H39N7O12.C12H21N2O3PS.C10H7N3S.C6H15O3PS2.C4H7Cl2O4P.H2S/c1-5-21(36,4-30)16(40-17-9(26-2)13(34)10(31)6(3-29)38-17)18(37-5)39-15-8(28-20(24)25)11(32)7(27-19(22)23)12(33)14(15)35;1-6-15-18(19,16-7-2)17-11-8-10(5)13-12(14-11)9(3)4;1-2-4-8-7(3-1)12-10(13-8)9-5-14-6-11-9;1-4-11-5-6-12-10(7,8-2)9-3;1-8-11(7,9-2)10-3-4(5)6;/h4-18,26,29,31-36H,3H2,1-2H3,(H4,22,23,27)(H4,24,25,28);8-9H,6-7H2,1-5H3;1-6H,(H,12,13);4-6H2,1-3H3;3H,1-2H3;1H2/t5-,6-,7+,8-,9-,10-,11+,12-,13-,14+,15+,16-,17-,18-,21+;;;;;/m0...../s1. The maximum Gasteiger partial charge on any atom is 0.529 e. The Hall–Kier alpha value is -3.03. The van der Waals surface area contributed by atoms with Gasteiger partial charge in [0, 0.05) is 74.8 Å². The molecule has 0 spiro atoms. The Kier molecular flexibility index (Phi) is 40.7. The number of imidazole rings is 1. The van der Waals surface area contributed by atoms with Crippen LogP contribution < -0.4 is 32.4 Å². The van der Waals surface area contributed by atoms with Gasteiger partial charge in [0.25, 0.3) is 0 Å². The molecule has 15 atom stereocenters. The molecule has 17 N–H and O–H groups in total. The summed E-state index contributed by atoms with van der Waals surface area (Å²) in [5, 5.41) is 88.6. The Balaban J connectivity index is 0.000000464. The predicted molar refractivity (Wildman–Crippen MR) is 378 cm³/mol. The number of nitrogens with one attached hydrogen (secondary N) is 4. The lowest BCUT2D eigenvalue weighted by atomic mass is 9.81. The summed E-state index contributed by atoms with van der Waals surface area (Å²) in [4.78, 5) is 36.4. The van der Waals surface area contributed by atoms with Gasteiger partial charge in [-0.3, -0.25) is 28.3 Å². The van der Waals surface area contributed by atoms with Gasteiger partial charge < -0.3 is 106 Å². The number of thiazole rings is 1. The maximum atomic E-state index is 12.1. The highest BCUT2D eigenvalue weighted by molar-refractivity contribution is 8.55. The van der Waals surface area contributed by atoms with Crippen molar-refractivity contribution in [2.75, 3.05) is 72.6 Å². The van der Waals surface area contributed by atoms with Gasteiger partial charge in [-0.1, -0.05) is 56.1 Å². The molecule has 3 aromatic heterocycles. The predicted octanol–water partition coefficient (Wildman–Crippen LogP) is 3.99. The number of aliphatic hydroxyl groups excluding tert-OH is 6. The Bertz CT molecular complexity index is 3140. The molecule has 44 heteroatoms. The number of fused-ring (bicyclic) bond motifs is 1. The van der Waals surface area contributed by atoms with E-state index in [1.54, 1.807) is 17.4 Å². The summed E-state index contributed by atoms with van der Waals surface area (Å²) in [7, 11) is 3.11. The summed E-state index contributed by atoms with van der Waals surface area (Å²) in [5.41, 5.74) is 19.4. The molecular formula is C53H91Cl2N12O22P3S5. The van der Waals surface area contributed by atoms with Crippen LogP contribution in [0.25, 0.3) is 22.6 Å². The molecule has 1 saturated carbocycles. The highest BCUT2D eigenvalue weighted by Crippen LogP contribution is 2.59. The number of aromatic nitrogens is 5. The molecule has 554 valence electrons. The second-order valence-corrected chi connectivity index (χ2v) is 32.6. The molecule has 7 rings (SSSR count). The number of guanidine groups is 2. The summed E-state index contributed by atoms with van der Waals surface area (Å²) >= 11 is 20.3. The second kappa shape index (κ2) is 43.8. The number of phosphoric ester groups is 1. The lowest BCUT2D eigenvalue weighted by Crippen LogP contribution is -2.70. The SMILES string of the molecule is CCOP(=S)(OCC)Oc1cc(C)nc(C(C)C)n1.CCSCCSP(=O)(OC)OC.CN[C@@H]1[C@H](O[C@H]2[C@H](O[C@H]3[C@H](O)[C@@H](O)[C@H](N=C(N)N)[C@@H](O)[C@@H]3NC(=N)N)O[C@@H](C)[C@]2(O)C=O)O[C@@H](CO)[C@H](O)[C@H]1O.COP(=O)(OC)OC=C(Cl)Cl.S.c1ccc2[nH]c(-c3cscn3)nc2c1. The minimum absolute atomic E-state index is 0. The van der Waals surface area contributed by atoms with E-state index in [1.165, 1.54) is 53.8 Å². The quantitative estimate of drug-likeness (QED) is 0.00954. The van der Waals surface area contributed by atoms with E-state index < -0.39 is 131 Å². The third-order valence-corrected chi connectivity index (χ3v) is 23.0. The van der Waals surface area contributed by atoms with Gasteiger partial charge in [-0.05, 0) is 64.0 Å². The molecule has 0 unspecified atom stereocenters. The lowest BCUT2D eigenvalue weighted by molar-refractivity contribution is -0.314. The number of halogens is 2. The van der Waals surface area contributed by atoms with Gasteiger partial charge in [-0.25, -0.2) is 29.1 Å². The molecule has 3 fully saturated rings. The van der Waals surface area contributed by atoms with Crippen LogP contribution in [0.1, 0.15) is 59.0 Å². The molecular weight excluding hydrogens is 1480 g/mol. The first-order valence-electron chi connectivity index (χ1n) is 29.1. The number of nitrogens with two attached hydrogens (primary N) is 3. The third kappa shape index (κ3) is 27.3. The molecule has 1 aromatic carbocycles. The number of para-hydroxylation sites is 2. The van der Waals surface area contributed by atoms with Gasteiger partial charge in [-0.15, -0.1) is 11.3 Å². The van der Waals surface area contributed by atoms with Crippen molar-refractivity contribution in [2.45, 2.75) is 146 Å². The number of aliphatic hydroxyl groups is 7. The van der Waals surface area contributed by atoms with E-state index in [4.69, 9.17) is 99.2 Å². The summed E-state index contributed by atoms with van der Waals surface area (Å²) < 4.78 is 84.5. The minimum Gasteiger partial charge on any atom is -0.409 e. The zero-order valence-corrected chi connectivity index (χ0v) is 63.5. The number of aldehydes is 1. The van der Waals surface area contributed by atoms with Gasteiger partial charge in [-0.2, -0.15) is 30.2 Å². The van der Waals surface area contributed by atoms with E-state index in [9.17, 15) is 49.7 Å². The number of H-pyrrole nitrogens is 1. The Morgan fingerprint density at radius 2 is 1.56 bits per heavy atom. The fraction of sp³-hybridized carbons (Fsp3) is 0.642. The zero-order valence-electron chi connectivity index (χ0n) is 55.1. The molecule has 3 aliphatic rings. The summed E-state index contributed by atoms with van der Waals surface area (Å²) in [6.07, 6.45) is -16.4. The summed E-state index contributed by atoms with van der Waals surface area (Å²) in [5.74, 6) is 3.92. The van der Waals surface area contributed by atoms with Crippen molar-refractivity contribution in [3.05, 3.63) is 63.5 Å². The van der Waals surface area contributed by atoms with Crippen molar-refractivity contribution >= 4 is 134 Å².